The average molecular weight is 435 g/mol. The molecule has 0 bridgehead atoms. The number of halogens is 1. The van der Waals surface area contributed by atoms with Crippen molar-refractivity contribution in [3.8, 4) is 0 Å². The van der Waals surface area contributed by atoms with Crippen LogP contribution >= 0.6 is 22.9 Å². The molecule has 3 N–H and O–H groups in total. The van der Waals surface area contributed by atoms with E-state index in [2.05, 4.69) is 31.4 Å². The maximum absolute atomic E-state index is 12.8. The number of rotatable bonds is 5. The van der Waals surface area contributed by atoms with Gasteiger partial charge in [0, 0.05) is 22.0 Å². The summed E-state index contributed by atoms with van der Waals surface area (Å²) in [5.74, 6) is 0.00262. The van der Waals surface area contributed by atoms with Crippen LogP contribution in [0, 0.1) is 11.3 Å². The standard InChI is InChI=1S/C22H27ClN2O3S/c1-22(2,3)14-6-9-16-17(12-14)29-21(18(16)20(28)24-10-11-26)25-19(27)13-4-7-15(23)8-5-13/h4-5,7-8,14,26H,6,9-12H2,1-3H3,(H,24,28)(H,25,27)/t14-/m0/s1. The predicted molar refractivity (Wildman–Crippen MR) is 118 cm³/mol. The van der Waals surface area contributed by atoms with Crippen molar-refractivity contribution in [2.45, 2.75) is 40.0 Å². The Morgan fingerprint density at radius 3 is 2.52 bits per heavy atom. The fourth-order valence-corrected chi connectivity index (χ4v) is 5.13. The Morgan fingerprint density at radius 1 is 1.21 bits per heavy atom. The van der Waals surface area contributed by atoms with Crippen LogP contribution in [-0.4, -0.2) is 30.1 Å². The summed E-state index contributed by atoms with van der Waals surface area (Å²) in [4.78, 5) is 26.7. The van der Waals surface area contributed by atoms with Gasteiger partial charge in [0.2, 0.25) is 0 Å². The molecule has 1 aromatic heterocycles. The Kier molecular flexibility index (Phi) is 6.66. The molecule has 2 aromatic rings. The van der Waals surface area contributed by atoms with E-state index in [1.54, 1.807) is 24.3 Å². The monoisotopic (exact) mass is 434 g/mol. The third kappa shape index (κ3) is 5.00. The van der Waals surface area contributed by atoms with Gasteiger partial charge in [-0.25, -0.2) is 0 Å². The zero-order chi connectivity index (χ0) is 21.2. The molecule has 1 heterocycles. The van der Waals surface area contributed by atoms with E-state index in [4.69, 9.17) is 16.7 Å². The third-order valence-corrected chi connectivity index (χ3v) is 6.87. The molecule has 156 valence electrons. The van der Waals surface area contributed by atoms with Crippen molar-refractivity contribution < 1.29 is 14.7 Å². The lowest BCUT2D eigenvalue weighted by molar-refractivity contribution is 0.0944. The first-order valence-corrected chi connectivity index (χ1v) is 11.0. The molecular weight excluding hydrogens is 408 g/mol. The molecule has 0 fully saturated rings. The van der Waals surface area contributed by atoms with Gasteiger partial charge in [-0.15, -0.1) is 11.3 Å². The molecule has 0 saturated carbocycles. The van der Waals surface area contributed by atoms with Gasteiger partial charge in [0.1, 0.15) is 5.00 Å². The second-order valence-electron chi connectivity index (χ2n) is 8.45. The van der Waals surface area contributed by atoms with Gasteiger partial charge < -0.3 is 15.7 Å². The molecular formula is C22H27ClN2O3S. The summed E-state index contributed by atoms with van der Waals surface area (Å²) in [5, 5.41) is 15.9. The number of carbonyl (C=O) groups excluding carboxylic acids is 2. The number of anilines is 1. The topological polar surface area (TPSA) is 78.4 Å². The number of thiophene rings is 1. The van der Waals surface area contributed by atoms with Crippen molar-refractivity contribution in [2.75, 3.05) is 18.5 Å². The van der Waals surface area contributed by atoms with Crippen LogP contribution in [0.25, 0.3) is 0 Å². The minimum absolute atomic E-state index is 0.128. The summed E-state index contributed by atoms with van der Waals surface area (Å²) >= 11 is 7.40. The fraction of sp³-hybridized carbons (Fsp3) is 0.455. The first-order valence-electron chi connectivity index (χ1n) is 9.81. The molecule has 1 atom stereocenters. The Hall–Kier alpha value is -1.89. The van der Waals surface area contributed by atoms with Crippen LogP contribution in [0.4, 0.5) is 5.00 Å². The van der Waals surface area contributed by atoms with Crippen LogP contribution in [0.2, 0.25) is 5.02 Å². The Labute approximate surface area is 180 Å². The highest BCUT2D eigenvalue weighted by atomic mass is 35.5. The second-order valence-corrected chi connectivity index (χ2v) is 10.00. The number of aliphatic hydroxyl groups is 1. The zero-order valence-electron chi connectivity index (χ0n) is 17.0. The lowest BCUT2D eigenvalue weighted by atomic mass is 9.72. The van der Waals surface area contributed by atoms with Crippen molar-refractivity contribution in [1.82, 2.24) is 5.32 Å². The van der Waals surface area contributed by atoms with Crippen LogP contribution < -0.4 is 10.6 Å². The van der Waals surface area contributed by atoms with Crippen molar-refractivity contribution in [1.29, 1.82) is 0 Å². The van der Waals surface area contributed by atoms with Crippen LogP contribution in [0.3, 0.4) is 0 Å². The summed E-state index contributed by atoms with van der Waals surface area (Å²) in [6.45, 7) is 6.78. The number of fused-ring (bicyclic) bond motifs is 1. The fourth-order valence-electron chi connectivity index (χ4n) is 3.69. The highest BCUT2D eigenvalue weighted by molar-refractivity contribution is 7.17. The summed E-state index contributed by atoms with van der Waals surface area (Å²) in [7, 11) is 0. The zero-order valence-corrected chi connectivity index (χ0v) is 18.5. The minimum Gasteiger partial charge on any atom is -0.395 e. The van der Waals surface area contributed by atoms with Gasteiger partial charge in [-0.3, -0.25) is 9.59 Å². The molecule has 1 aliphatic carbocycles. The first-order chi connectivity index (χ1) is 13.7. The summed E-state index contributed by atoms with van der Waals surface area (Å²) in [6, 6.07) is 6.65. The SMILES string of the molecule is CC(C)(C)[C@H]1CCc2c(sc(NC(=O)c3ccc(Cl)cc3)c2C(=O)NCCO)C1. The van der Waals surface area contributed by atoms with Crippen molar-refractivity contribution >= 4 is 39.8 Å². The van der Waals surface area contributed by atoms with Crippen LogP contribution in [0.1, 0.15) is 58.3 Å². The highest BCUT2D eigenvalue weighted by Gasteiger charge is 2.34. The van der Waals surface area contributed by atoms with Crippen LogP contribution in [0.15, 0.2) is 24.3 Å². The molecule has 0 unspecified atom stereocenters. The number of hydrogen-bond donors (Lipinski definition) is 3. The Morgan fingerprint density at radius 2 is 1.90 bits per heavy atom. The molecule has 1 aromatic carbocycles. The number of aliphatic hydroxyl groups excluding tert-OH is 1. The number of carbonyl (C=O) groups is 2. The molecule has 29 heavy (non-hydrogen) atoms. The third-order valence-electron chi connectivity index (χ3n) is 5.45. The molecule has 5 nitrogen and oxygen atoms in total. The van der Waals surface area contributed by atoms with Crippen molar-refractivity contribution in [3.05, 3.63) is 50.9 Å². The van der Waals surface area contributed by atoms with Gasteiger partial charge in [0.25, 0.3) is 11.8 Å². The molecule has 0 radical (unpaired) electrons. The van der Waals surface area contributed by atoms with Crippen LogP contribution in [-0.2, 0) is 12.8 Å². The molecule has 7 heteroatoms. The molecule has 3 rings (SSSR count). The maximum Gasteiger partial charge on any atom is 0.256 e. The van der Waals surface area contributed by atoms with Gasteiger partial charge in [-0.2, -0.15) is 0 Å². The molecule has 2 amide bonds. The van der Waals surface area contributed by atoms with E-state index in [0.717, 1.165) is 29.7 Å². The molecule has 0 aliphatic heterocycles. The van der Waals surface area contributed by atoms with E-state index in [1.165, 1.54) is 11.3 Å². The molecule has 0 saturated heterocycles. The quantitative estimate of drug-likeness (QED) is 0.647. The number of amides is 2. The Balaban J connectivity index is 1.92. The smallest absolute Gasteiger partial charge is 0.256 e. The largest absolute Gasteiger partial charge is 0.395 e. The lowest BCUT2D eigenvalue weighted by Gasteiger charge is -2.33. The van der Waals surface area contributed by atoms with E-state index < -0.39 is 0 Å². The molecule has 1 aliphatic rings. The Bertz CT molecular complexity index is 900. The van der Waals surface area contributed by atoms with E-state index in [0.29, 0.717) is 27.1 Å². The van der Waals surface area contributed by atoms with Gasteiger partial charge in [0.15, 0.2) is 0 Å². The summed E-state index contributed by atoms with van der Waals surface area (Å²) in [6.07, 6.45) is 2.73. The highest BCUT2D eigenvalue weighted by Crippen LogP contribution is 2.44. The van der Waals surface area contributed by atoms with E-state index in [-0.39, 0.29) is 30.4 Å². The summed E-state index contributed by atoms with van der Waals surface area (Å²) in [5.41, 5.74) is 2.23. The van der Waals surface area contributed by atoms with E-state index >= 15 is 0 Å². The van der Waals surface area contributed by atoms with Crippen molar-refractivity contribution in [3.63, 3.8) is 0 Å². The van der Waals surface area contributed by atoms with Gasteiger partial charge in [0.05, 0.1) is 12.2 Å². The number of benzene rings is 1. The van der Waals surface area contributed by atoms with E-state index in [1.807, 2.05) is 0 Å². The normalized spacial score (nSPS) is 16.2. The predicted octanol–water partition coefficient (Wildman–Crippen LogP) is 4.53. The number of nitrogens with one attached hydrogen (secondary N) is 2. The van der Waals surface area contributed by atoms with Gasteiger partial charge in [-0.05, 0) is 60.4 Å². The maximum atomic E-state index is 12.8. The number of hydrogen-bond acceptors (Lipinski definition) is 4. The van der Waals surface area contributed by atoms with E-state index in [9.17, 15) is 9.59 Å². The van der Waals surface area contributed by atoms with Crippen LogP contribution in [0.5, 0.6) is 0 Å². The van der Waals surface area contributed by atoms with Crippen molar-refractivity contribution in [2.24, 2.45) is 11.3 Å². The lowest BCUT2D eigenvalue weighted by Crippen LogP contribution is -2.30. The minimum atomic E-state index is -0.274. The van der Waals surface area contributed by atoms with Gasteiger partial charge in [-0.1, -0.05) is 32.4 Å². The molecule has 0 spiro atoms. The summed E-state index contributed by atoms with van der Waals surface area (Å²) < 4.78 is 0. The second kappa shape index (κ2) is 8.86. The average Bonchev–Trinajstić information content (AvgIpc) is 3.02. The first kappa shape index (κ1) is 21.8. The van der Waals surface area contributed by atoms with Gasteiger partial charge >= 0.3 is 0 Å².